The van der Waals surface area contributed by atoms with E-state index in [9.17, 15) is 4.79 Å². The highest BCUT2D eigenvalue weighted by atomic mass is 16.5. The van der Waals surface area contributed by atoms with Crippen LogP contribution in [-0.4, -0.2) is 96.8 Å². The van der Waals surface area contributed by atoms with E-state index < -0.39 is 0 Å². The van der Waals surface area contributed by atoms with E-state index in [0.29, 0.717) is 17.9 Å². The Hall–Kier alpha value is -3.30. The summed E-state index contributed by atoms with van der Waals surface area (Å²) in [5.74, 6) is 0.393. The maximum Gasteiger partial charge on any atom is 0.248 e. The molecule has 0 saturated carbocycles. The van der Waals surface area contributed by atoms with E-state index >= 15 is 0 Å². The lowest BCUT2D eigenvalue weighted by Gasteiger charge is -2.34. The lowest BCUT2D eigenvalue weighted by Crippen LogP contribution is -2.46. The average molecular weight is 449 g/mol. The SMILES string of the molecule is CN1CCN(c2ccc(-c3cc4nccnc4c(OC[C@@H]4CN(C)C(=O)CO4)n3)cc2)CC1. The Kier molecular flexibility index (Phi) is 6.06. The summed E-state index contributed by atoms with van der Waals surface area (Å²) in [6.07, 6.45) is 3.08. The summed E-state index contributed by atoms with van der Waals surface area (Å²) in [5, 5.41) is 0. The molecule has 1 atom stereocenters. The fraction of sp³-hybridized carbons (Fsp3) is 0.417. The van der Waals surface area contributed by atoms with Crippen LogP contribution in [0.5, 0.6) is 5.88 Å². The molecule has 2 fully saturated rings. The Bertz CT molecular complexity index is 1130. The molecule has 0 radical (unpaired) electrons. The fourth-order valence-electron chi connectivity index (χ4n) is 4.13. The van der Waals surface area contributed by atoms with Crippen LogP contribution in [0.3, 0.4) is 0 Å². The van der Waals surface area contributed by atoms with Crippen molar-refractivity contribution in [3.05, 3.63) is 42.7 Å². The second-order valence-corrected chi connectivity index (χ2v) is 8.59. The first-order valence-corrected chi connectivity index (χ1v) is 11.2. The highest BCUT2D eigenvalue weighted by Crippen LogP contribution is 2.28. The van der Waals surface area contributed by atoms with Gasteiger partial charge in [0.25, 0.3) is 0 Å². The predicted molar refractivity (Wildman–Crippen MR) is 125 cm³/mol. The fourth-order valence-corrected chi connectivity index (χ4v) is 4.13. The van der Waals surface area contributed by atoms with Crippen LogP contribution in [0.2, 0.25) is 0 Å². The molecule has 0 unspecified atom stereocenters. The normalized spacial score (nSPS) is 19.8. The van der Waals surface area contributed by atoms with Crippen molar-refractivity contribution in [2.24, 2.45) is 0 Å². The number of amides is 1. The van der Waals surface area contributed by atoms with Crippen molar-refractivity contribution in [3.63, 3.8) is 0 Å². The molecule has 4 heterocycles. The van der Waals surface area contributed by atoms with Gasteiger partial charge < -0.3 is 24.2 Å². The molecule has 0 spiro atoms. The zero-order valence-corrected chi connectivity index (χ0v) is 19.0. The van der Waals surface area contributed by atoms with Gasteiger partial charge in [0, 0.05) is 63.4 Å². The lowest BCUT2D eigenvalue weighted by molar-refractivity contribution is -0.148. The minimum absolute atomic E-state index is 0.0253. The number of pyridine rings is 1. The second-order valence-electron chi connectivity index (χ2n) is 8.59. The topological polar surface area (TPSA) is 83.9 Å². The molecule has 0 N–H and O–H groups in total. The van der Waals surface area contributed by atoms with Gasteiger partial charge in [0.15, 0.2) is 5.52 Å². The monoisotopic (exact) mass is 448 g/mol. The van der Waals surface area contributed by atoms with Crippen molar-refractivity contribution < 1.29 is 14.3 Å². The number of benzene rings is 1. The molecule has 172 valence electrons. The van der Waals surface area contributed by atoms with E-state index in [2.05, 4.69) is 51.1 Å². The van der Waals surface area contributed by atoms with Crippen LogP contribution in [0.15, 0.2) is 42.7 Å². The van der Waals surface area contributed by atoms with Gasteiger partial charge in [-0.25, -0.2) is 9.97 Å². The van der Waals surface area contributed by atoms with Crippen molar-refractivity contribution in [1.29, 1.82) is 0 Å². The third kappa shape index (κ3) is 4.74. The number of nitrogens with zero attached hydrogens (tertiary/aromatic N) is 6. The maximum atomic E-state index is 11.7. The van der Waals surface area contributed by atoms with Gasteiger partial charge in [0.05, 0.1) is 11.2 Å². The van der Waals surface area contributed by atoms with Gasteiger partial charge in [-0.2, -0.15) is 0 Å². The van der Waals surface area contributed by atoms with Gasteiger partial charge in [-0.05, 0) is 25.2 Å². The predicted octanol–water partition coefficient (Wildman–Crippen LogP) is 1.68. The summed E-state index contributed by atoms with van der Waals surface area (Å²) >= 11 is 0. The molecule has 5 rings (SSSR count). The Balaban J connectivity index is 1.37. The lowest BCUT2D eigenvalue weighted by atomic mass is 10.1. The van der Waals surface area contributed by atoms with E-state index in [1.807, 2.05) is 6.07 Å². The quantitative estimate of drug-likeness (QED) is 0.583. The largest absolute Gasteiger partial charge is 0.473 e. The van der Waals surface area contributed by atoms with Gasteiger partial charge in [-0.15, -0.1) is 0 Å². The molecule has 2 saturated heterocycles. The number of hydrogen-bond donors (Lipinski definition) is 0. The molecule has 1 amide bonds. The van der Waals surface area contributed by atoms with Crippen molar-refractivity contribution in [2.45, 2.75) is 6.10 Å². The minimum Gasteiger partial charge on any atom is -0.473 e. The molecule has 0 aliphatic carbocycles. The summed E-state index contributed by atoms with van der Waals surface area (Å²) in [6.45, 7) is 5.03. The molecule has 2 aromatic heterocycles. The van der Waals surface area contributed by atoms with Gasteiger partial charge in [-0.3, -0.25) is 9.78 Å². The van der Waals surface area contributed by atoms with E-state index in [4.69, 9.17) is 14.5 Å². The first-order chi connectivity index (χ1) is 16.1. The molecule has 1 aromatic carbocycles. The smallest absolute Gasteiger partial charge is 0.248 e. The zero-order chi connectivity index (χ0) is 22.8. The van der Waals surface area contributed by atoms with E-state index in [1.165, 1.54) is 5.69 Å². The van der Waals surface area contributed by atoms with Crippen LogP contribution in [-0.2, 0) is 9.53 Å². The van der Waals surface area contributed by atoms with Gasteiger partial charge in [0.2, 0.25) is 11.8 Å². The summed E-state index contributed by atoms with van der Waals surface area (Å²) in [5.41, 5.74) is 4.31. The molecule has 33 heavy (non-hydrogen) atoms. The molecule has 9 heteroatoms. The number of rotatable bonds is 5. The summed E-state index contributed by atoms with van der Waals surface area (Å²) in [6, 6.07) is 10.4. The number of morpholine rings is 1. The number of piperazine rings is 1. The van der Waals surface area contributed by atoms with Gasteiger partial charge >= 0.3 is 0 Å². The Morgan fingerprint density at radius 3 is 2.58 bits per heavy atom. The maximum absolute atomic E-state index is 11.7. The van der Waals surface area contributed by atoms with Crippen LogP contribution in [0.4, 0.5) is 5.69 Å². The first kappa shape index (κ1) is 21.5. The van der Waals surface area contributed by atoms with Crippen molar-refractivity contribution in [3.8, 4) is 17.1 Å². The number of hydrogen-bond acceptors (Lipinski definition) is 8. The van der Waals surface area contributed by atoms with Gasteiger partial charge in [0.1, 0.15) is 19.3 Å². The highest BCUT2D eigenvalue weighted by Gasteiger charge is 2.24. The second kappa shape index (κ2) is 9.29. The Morgan fingerprint density at radius 1 is 1.06 bits per heavy atom. The third-order valence-corrected chi connectivity index (χ3v) is 6.21. The number of carbonyl (C=O) groups is 1. The number of likely N-dealkylation sites (N-methyl/N-ethyl adjacent to an activating group) is 2. The Labute approximate surface area is 192 Å². The summed E-state index contributed by atoms with van der Waals surface area (Å²) in [7, 11) is 3.93. The Morgan fingerprint density at radius 2 is 1.82 bits per heavy atom. The van der Waals surface area contributed by atoms with Crippen molar-refractivity contribution >= 4 is 22.6 Å². The number of carbonyl (C=O) groups excluding carboxylic acids is 1. The average Bonchev–Trinajstić information content (AvgIpc) is 2.85. The molecular weight excluding hydrogens is 420 g/mol. The van der Waals surface area contributed by atoms with Crippen LogP contribution < -0.4 is 9.64 Å². The third-order valence-electron chi connectivity index (χ3n) is 6.21. The summed E-state index contributed by atoms with van der Waals surface area (Å²) in [4.78, 5) is 31.7. The van der Waals surface area contributed by atoms with Crippen LogP contribution in [0.25, 0.3) is 22.3 Å². The molecule has 3 aromatic rings. The van der Waals surface area contributed by atoms with Crippen molar-refractivity contribution in [1.82, 2.24) is 24.8 Å². The number of ether oxygens (including phenoxy) is 2. The summed E-state index contributed by atoms with van der Waals surface area (Å²) < 4.78 is 11.6. The number of fused-ring (bicyclic) bond motifs is 1. The van der Waals surface area contributed by atoms with E-state index in [0.717, 1.165) is 43.0 Å². The minimum atomic E-state index is -0.215. The van der Waals surface area contributed by atoms with Crippen LogP contribution in [0, 0.1) is 0 Å². The van der Waals surface area contributed by atoms with E-state index in [-0.39, 0.29) is 25.2 Å². The molecule has 9 nitrogen and oxygen atoms in total. The number of anilines is 1. The highest BCUT2D eigenvalue weighted by molar-refractivity contribution is 5.83. The molecule has 0 bridgehead atoms. The van der Waals surface area contributed by atoms with Crippen molar-refractivity contribution in [2.75, 3.05) is 64.9 Å². The standard InChI is InChI=1S/C24H28N6O3/c1-28-9-11-30(12-10-28)18-5-3-17(4-6-18)20-13-21-23(26-8-7-25-21)24(27-20)33-15-19-14-29(2)22(31)16-32-19/h3-8,13,19H,9-12,14-16H2,1-2H3/t19-/m0/s1. The number of aromatic nitrogens is 3. The van der Waals surface area contributed by atoms with Crippen LogP contribution in [0.1, 0.15) is 0 Å². The van der Waals surface area contributed by atoms with E-state index in [1.54, 1.807) is 24.3 Å². The van der Waals surface area contributed by atoms with Gasteiger partial charge in [-0.1, -0.05) is 12.1 Å². The van der Waals surface area contributed by atoms with Crippen LogP contribution >= 0.6 is 0 Å². The molecule has 2 aliphatic heterocycles. The first-order valence-electron chi connectivity index (χ1n) is 11.2. The zero-order valence-electron chi connectivity index (χ0n) is 19.0. The molecular formula is C24H28N6O3. The molecule has 2 aliphatic rings.